The Labute approximate surface area is 206 Å². The summed E-state index contributed by atoms with van der Waals surface area (Å²) in [4.78, 5) is 36.9. The number of halogens is 1. The van der Waals surface area contributed by atoms with Crippen LogP contribution < -0.4 is 20.4 Å². The zero-order valence-corrected chi connectivity index (χ0v) is 20.9. The smallest absolute Gasteiger partial charge is 0.414 e. The van der Waals surface area contributed by atoms with Crippen LogP contribution in [0, 0.1) is 6.92 Å². The maximum atomic E-state index is 12.8. The lowest BCUT2D eigenvalue weighted by Crippen LogP contribution is -2.25. The van der Waals surface area contributed by atoms with E-state index in [1.54, 1.807) is 20.2 Å². The molecule has 8 nitrogen and oxygen atoms in total. The number of carbonyl (C=O) groups is 2. The van der Waals surface area contributed by atoms with Gasteiger partial charge in [-0.3, -0.25) is 4.79 Å². The Bertz CT molecular complexity index is 1280. The van der Waals surface area contributed by atoms with Crippen molar-refractivity contribution in [3.05, 3.63) is 68.5 Å². The molecule has 0 saturated heterocycles. The number of fused-ring (bicyclic) bond motifs is 1. The van der Waals surface area contributed by atoms with Crippen molar-refractivity contribution >= 4 is 52.2 Å². The highest BCUT2D eigenvalue weighted by Crippen LogP contribution is 2.32. The molecule has 0 aliphatic heterocycles. The molecule has 34 heavy (non-hydrogen) atoms. The summed E-state index contributed by atoms with van der Waals surface area (Å²) in [5, 5.41) is 3.66. The molecule has 0 bridgehead atoms. The van der Waals surface area contributed by atoms with Crippen molar-refractivity contribution in [3.8, 4) is 5.75 Å². The second kappa shape index (κ2) is 11.3. The van der Waals surface area contributed by atoms with E-state index in [0.717, 1.165) is 16.8 Å². The lowest BCUT2D eigenvalue weighted by atomic mass is 9.99. The first-order chi connectivity index (χ1) is 16.2. The van der Waals surface area contributed by atoms with E-state index < -0.39 is 11.7 Å². The van der Waals surface area contributed by atoms with Gasteiger partial charge in [0.15, 0.2) is 5.75 Å². The van der Waals surface area contributed by atoms with Crippen LogP contribution in [0.3, 0.4) is 0 Å². The van der Waals surface area contributed by atoms with E-state index in [2.05, 4.69) is 10.0 Å². The average Bonchev–Trinajstić information content (AvgIpc) is 2.77. The third-order valence-electron chi connectivity index (χ3n) is 4.98. The maximum absolute atomic E-state index is 12.8. The average molecular weight is 504 g/mol. The lowest BCUT2D eigenvalue weighted by Gasteiger charge is -2.14. The van der Waals surface area contributed by atoms with Gasteiger partial charge < -0.3 is 24.1 Å². The highest BCUT2D eigenvalue weighted by atomic mass is 35.5. The fourth-order valence-electron chi connectivity index (χ4n) is 3.22. The summed E-state index contributed by atoms with van der Waals surface area (Å²) in [7, 11) is 3.12. The zero-order chi connectivity index (χ0) is 24.8. The molecule has 2 aromatic carbocycles. The van der Waals surface area contributed by atoms with E-state index in [9.17, 15) is 14.4 Å². The molecule has 0 unspecified atom stereocenters. The van der Waals surface area contributed by atoms with Gasteiger partial charge in [0.1, 0.15) is 5.58 Å². The predicted molar refractivity (Wildman–Crippen MR) is 136 cm³/mol. The van der Waals surface area contributed by atoms with Gasteiger partial charge in [-0.15, -0.1) is 0 Å². The van der Waals surface area contributed by atoms with Crippen LogP contribution in [0.4, 0.5) is 10.5 Å². The summed E-state index contributed by atoms with van der Waals surface area (Å²) in [5.74, 6) is 0.779. The molecular formula is C24H26ClN3O5S. The molecule has 180 valence electrons. The van der Waals surface area contributed by atoms with Gasteiger partial charge in [0.2, 0.25) is 5.91 Å². The topological polar surface area (TPSA) is 101 Å². The molecule has 3 rings (SSSR count). The van der Waals surface area contributed by atoms with E-state index in [4.69, 9.17) is 20.8 Å². The Balaban J connectivity index is 1.80. The molecular weight excluding hydrogens is 478 g/mol. The second-order valence-corrected chi connectivity index (χ2v) is 9.15. The number of ether oxygens (including phenoxy) is 1. The number of hydrogen-bond acceptors (Lipinski definition) is 7. The minimum Gasteiger partial charge on any atom is -0.422 e. The third-order valence-corrected chi connectivity index (χ3v) is 6.06. The van der Waals surface area contributed by atoms with Crippen molar-refractivity contribution in [2.45, 2.75) is 20.3 Å². The molecule has 2 amide bonds. The maximum Gasteiger partial charge on any atom is 0.414 e. The Morgan fingerprint density at radius 2 is 1.97 bits per heavy atom. The van der Waals surface area contributed by atoms with E-state index in [-0.39, 0.29) is 16.7 Å². The number of nitrogens with zero attached hydrogens (tertiary/aromatic N) is 1. The van der Waals surface area contributed by atoms with Gasteiger partial charge in [0.25, 0.3) is 0 Å². The van der Waals surface area contributed by atoms with Gasteiger partial charge in [0, 0.05) is 62.4 Å². The fraction of sp³-hybridized carbons (Fsp3) is 0.292. The summed E-state index contributed by atoms with van der Waals surface area (Å²) in [6.07, 6.45) is -0.204. The summed E-state index contributed by atoms with van der Waals surface area (Å²) >= 11 is 7.82. The summed E-state index contributed by atoms with van der Waals surface area (Å²) in [6, 6.07) is 10.8. The first-order valence-corrected chi connectivity index (χ1v) is 11.9. The first-order valence-electron chi connectivity index (χ1n) is 10.5. The van der Waals surface area contributed by atoms with Crippen LogP contribution in [0.5, 0.6) is 5.75 Å². The molecule has 3 aromatic rings. The van der Waals surface area contributed by atoms with Crippen molar-refractivity contribution in [1.29, 1.82) is 0 Å². The minimum absolute atomic E-state index is 0.0562. The molecule has 0 radical (unpaired) electrons. The number of amides is 2. The molecule has 0 aliphatic rings. The Morgan fingerprint density at radius 1 is 1.21 bits per heavy atom. The fourth-order valence-corrected chi connectivity index (χ4v) is 4.02. The number of hydrogen-bond donors (Lipinski definition) is 2. The van der Waals surface area contributed by atoms with Crippen LogP contribution in [0.1, 0.15) is 23.6 Å². The van der Waals surface area contributed by atoms with Crippen molar-refractivity contribution in [3.63, 3.8) is 0 Å². The third kappa shape index (κ3) is 6.45. The van der Waals surface area contributed by atoms with Crippen LogP contribution in [0.15, 0.2) is 45.6 Å². The van der Waals surface area contributed by atoms with E-state index in [0.29, 0.717) is 35.3 Å². The number of nitrogens with one attached hydrogen (secondary N) is 2. The van der Waals surface area contributed by atoms with Crippen molar-refractivity contribution < 1.29 is 18.7 Å². The van der Waals surface area contributed by atoms with Crippen LogP contribution in [0.2, 0.25) is 5.02 Å². The van der Waals surface area contributed by atoms with E-state index >= 15 is 0 Å². The normalized spacial score (nSPS) is 10.7. The Morgan fingerprint density at radius 3 is 2.68 bits per heavy atom. The number of aryl methyl sites for hydroxylation is 1. The van der Waals surface area contributed by atoms with Crippen LogP contribution in [-0.2, 0) is 11.2 Å². The van der Waals surface area contributed by atoms with Gasteiger partial charge in [-0.05, 0) is 36.2 Å². The molecule has 1 heterocycles. The van der Waals surface area contributed by atoms with Crippen molar-refractivity contribution in [2.75, 3.05) is 31.1 Å². The summed E-state index contributed by atoms with van der Waals surface area (Å²) < 4.78 is 14.0. The highest BCUT2D eigenvalue weighted by molar-refractivity contribution is 8.00. The molecule has 0 spiro atoms. The van der Waals surface area contributed by atoms with E-state index in [1.807, 2.05) is 31.2 Å². The molecule has 10 heteroatoms. The Kier molecular flexibility index (Phi) is 8.46. The molecule has 0 fully saturated rings. The van der Waals surface area contributed by atoms with Crippen molar-refractivity contribution in [2.24, 2.45) is 0 Å². The second-order valence-electron chi connectivity index (χ2n) is 7.84. The van der Waals surface area contributed by atoms with Gasteiger partial charge >= 0.3 is 11.7 Å². The monoisotopic (exact) mass is 503 g/mol. The van der Waals surface area contributed by atoms with Gasteiger partial charge in [0.05, 0.1) is 5.02 Å². The standard InChI is InChI=1S/C24H26ClN3O5S/c1-14-18-12-20(25)22(33-24(31)28(3)4)13-21(18)32-23(30)19(14)11-16-6-5-7-17(10-16)27-34-9-8-26-15(2)29/h5-7,10,12-13,27H,8-9,11H2,1-4H3,(H,26,29). The number of benzene rings is 2. The molecule has 2 N–H and O–H groups in total. The summed E-state index contributed by atoms with van der Waals surface area (Å²) in [6.45, 7) is 3.90. The number of anilines is 1. The summed E-state index contributed by atoms with van der Waals surface area (Å²) in [5.41, 5.74) is 2.94. The van der Waals surface area contributed by atoms with Crippen LogP contribution >= 0.6 is 23.5 Å². The lowest BCUT2D eigenvalue weighted by molar-refractivity contribution is -0.118. The minimum atomic E-state index is -0.585. The largest absolute Gasteiger partial charge is 0.422 e. The molecule has 1 aromatic heterocycles. The van der Waals surface area contributed by atoms with Crippen molar-refractivity contribution in [1.82, 2.24) is 10.2 Å². The molecule has 0 aliphatic carbocycles. The SMILES string of the molecule is CC(=O)NCCSNc1cccc(Cc2c(C)c3cc(Cl)c(OC(=O)N(C)C)cc3oc2=O)c1. The van der Waals surface area contributed by atoms with Crippen LogP contribution in [0.25, 0.3) is 11.0 Å². The zero-order valence-electron chi connectivity index (χ0n) is 19.4. The van der Waals surface area contributed by atoms with Gasteiger partial charge in [-0.25, -0.2) is 9.59 Å². The Hall–Kier alpha value is -3.17. The van der Waals surface area contributed by atoms with Gasteiger partial charge in [-0.2, -0.15) is 0 Å². The number of rotatable bonds is 8. The molecule has 0 atom stereocenters. The van der Waals surface area contributed by atoms with Gasteiger partial charge in [-0.1, -0.05) is 35.7 Å². The predicted octanol–water partition coefficient (Wildman–Crippen LogP) is 4.60. The first kappa shape index (κ1) is 25.5. The number of carbonyl (C=O) groups excluding carboxylic acids is 2. The van der Waals surface area contributed by atoms with Crippen LogP contribution in [-0.4, -0.2) is 43.3 Å². The molecule has 0 saturated carbocycles. The quantitative estimate of drug-likeness (QED) is 0.263. The van der Waals surface area contributed by atoms with E-state index in [1.165, 1.54) is 29.8 Å². The highest BCUT2D eigenvalue weighted by Gasteiger charge is 2.17.